The molecule has 0 saturated heterocycles. The van der Waals surface area contributed by atoms with E-state index >= 15 is 0 Å². The van der Waals surface area contributed by atoms with Gasteiger partial charge in [-0.25, -0.2) is 0 Å². The Morgan fingerprint density at radius 1 is 1.47 bits per heavy atom. The molecule has 1 aromatic rings. The van der Waals surface area contributed by atoms with Crippen LogP contribution in [0.3, 0.4) is 0 Å². The average Bonchev–Trinajstić information content (AvgIpc) is 2.71. The van der Waals surface area contributed by atoms with Crippen molar-refractivity contribution in [3.63, 3.8) is 0 Å². The summed E-state index contributed by atoms with van der Waals surface area (Å²) in [4.78, 5) is 3.17. The van der Waals surface area contributed by atoms with Crippen molar-refractivity contribution in [2.24, 2.45) is 5.92 Å². The van der Waals surface area contributed by atoms with Gasteiger partial charge in [-0.05, 0) is 43.9 Å². The van der Waals surface area contributed by atoms with Crippen LogP contribution in [0.1, 0.15) is 31.4 Å². The second-order valence-electron chi connectivity index (χ2n) is 4.51. The number of aliphatic hydroxyl groups is 1. The summed E-state index contributed by atoms with van der Waals surface area (Å²) in [5, 5.41) is 13.0. The van der Waals surface area contributed by atoms with E-state index in [1.54, 1.807) is 0 Å². The Labute approximate surface area is 90.9 Å². The first kappa shape index (κ1) is 10.7. The summed E-state index contributed by atoms with van der Waals surface area (Å²) in [5.74, 6) is 0.656. The van der Waals surface area contributed by atoms with Crippen LogP contribution in [-0.4, -0.2) is 22.7 Å². The minimum absolute atomic E-state index is 0.0592. The number of nitrogens with one attached hydrogen (secondary N) is 2. The van der Waals surface area contributed by atoms with E-state index in [-0.39, 0.29) is 6.10 Å². The third kappa shape index (κ3) is 3.36. The Balaban J connectivity index is 1.65. The van der Waals surface area contributed by atoms with Crippen molar-refractivity contribution in [2.75, 3.05) is 6.54 Å². The standard InChI is InChI=1S/C12H20N2O/c15-12-5-1-3-10(7-12)8-13-9-11-4-2-6-14-11/h2,4,6,10,12-15H,1,3,5,7-9H2. The van der Waals surface area contributed by atoms with Gasteiger partial charge in [-0.1, -0.05) is 6.42 Å². The SMILES string of the molecule is OC1CCCC(CNCc2ccc[nH]2)C1. The summed E-state index contributed by atoms with van der Waals surface area (Å²) >= 11 is 0. The smallest absolute Gasteiger partial charge is 0.0543 e. The quantitative estimate of drug-likeness (QED) is 0.704. The zero-order chi connectivity index (χ0) is 10.5. The van der Waals surface area contributed by atoms with Crippen LogP contribution in [0.4, 0.5) is 0 Å². The molecule has 0 amide bonds. The van der Waals surface area contributed by atoms with Crippen LogP contribution < -0.4 is 5.32 Å². The van der Waals surface area contributed by atoms with Crippen LogP contribution >= 0.6 is 0 Å². The van der Waals surface area contributed by atoms with Gasteiger partial charge in [-0.3, -0.25) is 0 Å². The van der Waals surface area contributed by atoms with E-state index in [9.17, 15) is 5.11 Å². The third-order valence-corrected chi connectivity index (χ3v) is 3.17. The predicted molar refractivity (Wildman–Crippen MR) is 60.5 cm³/mol. The topological polar surface area (TPSA) is 48.0 Å². The van der Waals surface area contributed by atoms with Gasteiger partial charge in [-0.15, -0.1) is 0 Å². The van der Waals surface area contributed by atoms with Crippen molar-refractivity contribution < 1.29 is 5.11 Å². The van der Waals surface area contributed by atoms with Crippen molar-refractivity contribution in [2.45, 2.75) is 38.3 Å². The van der Waals surface area contributed by atoms with Crippen molar-refractivity contribution >= 4 is 0 Å². The lowest BCUT2D eigenvalue weighted by atomic mass is 9.87. The summed E-state index contributed by atoms with van der Waals surface area (Å²) in [5.41, 5.74) is 1.23. The lowest BCUT2D eigenvalue weighted by Crippen LogP contribution is -2.28. The van der Waals surface area contributed by atoms with E-state index in [0.717, 1.165) is 25.9 Å². The zero-order valence-corrected chi connectivity index (χ0v) is 9.08. The van der Waals surface area contributed by atoms with Crippen LogP contribution in [0, 0.1) is 5.92 Å². The molecule has 0 aliphatic heterocycles. The highest BCUT2D eigenvalue weighted by atomic mass is 16.3. The van der Waals surface area contributed by atoms with Gasteiger partial charge in [0.05, 0.1) is 6.10 Å². The van der Waals surface area contributed by atoms with Gasteiger partial charge < -0.3 is 15.4 Å². The first-order valence-electron chi connectivity index (χ1n) is 5.85. The van der Waals surface area contributed by atoms with Gasteiger partial charge in [0.2, 0.25) is 0 Å². The van der Waals surface area contributed by atoms with Gasteiger partial charge in [0.1, 0.15) is 0 Å². The summed E-state index contributed by atoms with van der Waals surface area (Å²) in [6, 6.07) is 4.10. The maximum atomic E-state index is 9.53. The fourth-order valence-electron chi connectivity index (χ4n) is 2.34. The Morgan fingerprint density at radius 2 is 2.40 bits per heavy atom. The van der Waals surface area contributed by atoms with Crippen LogP contribution in [0.25, 0.3) is 0 Å². The molecule has 15 heavy (non-hydrogen) atoms. The predicted octanol–water partition coefficient (Wildman–Crippen LogP) is 1.66. The molecule has 1 heterocycles. The van der Waals surface area contributed by atoms with Crippen molar-refractivity contribution in [1.29, 1.82) is 0 Å². The molecule has 84 valence electrons. The number of aliphatic hydroxyl groups excluding tert-OH is 1. The maximum Gasteiger partial charge on any atom is 0.0543 e. The average molecular weight is 208 g/mol. The lowest BCUT2D eigenvalue weighted by Gasteiger charge is -2.25. The van der Waals surface area contributed by atoms with Gasteiger partial charge in [0.25, 0.3) is 0 Å². The zero-order valence-electron chi connectivity index (χ0n) is 9.08. The summed E-state index contributed by atoms with van der Waals surface area (Å²) in [6.07, 6.45) is 6.29. The van der Waals surface area contributed by atoms with Crippen molar-refractivity contribution in [3.05, 3.63) is 24.0 Å². The molecule has 3 heteroatoms. The molecule has 0 radical (unpaired) electrons. The van der Waals surface area contributed by atoms with Crippen LogP contribution in [0.2, 0.25) is 0 Å². The Kier molecular flexibility index (Phi) is 3.80. The number of hydrogen-bond donors (Lipinski definition) is 3. The third-order valence-electron chi connectivity index (χ3n) is 3.17. The Bertz CT molecular complexity index is 271. The van der Waals surface area contributed by atoms with Gasteiger partial charge in [-0.2, -0.15) is 0 Å². The largest absolute Gasteiger partial charge is 0.393 e. The lowest BCUT2D eigenvalue weighted by molar-refractivity contribution is 0.101. The monoisotopic (exact) mass is 208 g/mol. The molecule has 1 fully saturated rings. The molecule has 2 unspecified atom stereocenters. The molecule has 2 rings (SSSR count). The molecule has 1 aromatic heterocycles. The van der Waals surface area contributed by atoms with E-state index in [2.05, 4.69) is 16.4 Å². The highest BCUT2D eigenvalue weighted by molar-refractivity contribution is 5.02. The molecule has 1 saturated carbocycles. The van der Waals surface area contributed by atoms with E-state index < -0.39 is 0 Å². The highest BCUT2D eigenvalue weighted by Crippen LogP contribution is 2.23. The van der Waals surface area contributed by atoms with Crippen LogP contribution in [0.5, 0.6) is 0 Å². The second kappa shape index (κ2) is 5.33. The molecule has 0 bridgehead atoms. The summed E-state index contributed by atoms with van der Waals surface area (Å²) < 4.78 is 0. The number of rotatable bonds is 4. The van der Waals surface area contributed by atoms with Crippen molar-refractivity contribution in [3.8, 4) is 0 Å². The molecule has 3 N–H and O–H groups in total. The summed E-state index contributed by atoms with van der Waals surface area (Å²) in [7, 11) is 0. The van der Waals surface area contributed by atoms with Crippen molar-refractivity contribution in [1.82, 2.24) is 10.3 Å². The molecular formula is C12H20N2O. The normalized spacial score (nSPS) is 26.7. The maximum absolute atomic E-state index is 9.53. The van der Waals surface area contributed by atoms with E-state index in [4.69, 9.17) is 0 Å². The molecule has 3 nitrogen and oxygen atoms in total. The van der Waals surface area contributed by atoms with Crippen LogP contribution in [0.15, 0.2) is 18.3 Å². The molecule has 1 aliphatic carbocycles. The van der Waals surface area contributed by atoms with Crippen LogP contribution in [-0.2, 0) is 6.54 Å². The molecule has 0 aromatic carbocycles. The number of H-pyrrole nitrogens is 1. The van der Waals surface area contributed by atoms with E-state index in [0.29, 0.717) is 5.92 Å². The van der Waals surface area contributed by atoms with Gasteiger partial charge in [0, 0.05) is 18.4 Å². The van der Waals surface area contributed by atoms with E-state index in [1.807, 2.05) is 12.3 Å². The van der Waals surface area contributed by atoms with Gasteiger partial charge >= 0.3 is 0 Å². The fourth-order valence-corrected chi connectivity index (χ4v) is 2.34. The molecular weight excluding hydrogens is 188 g/mol. The number of aromatic nitrogens is 1. The summed E-state index contributed by atoms with van der Waals surface area (Å²) in [6.45, 7) is 1.93. The fraction of sp³-hybridized carbons (Fsp3) is 0.667. The van der Waals surface area contributed by atoms with Gasteiger partial charge in [0.15, 0.2) is 0 Å². The minimum atomic E-state index is -0.0592. The second-order valence-corrected chi connectivity index (χ2v) is 4.51. The first-order chi connectivity index (χ1) is 7.34. The number of hydrogen-bond acceptors (Lipinski definition) is 2. The number of aromatic amines is 1. The molecule has 1 aliphatic rings. The highest BCUT2D eigenvalue weighted by Gasteiger charge is 2.19. The molecule has 2 atom stereocenters. The Hall–Kier alpha value is -0.800. The first-order valence-corrected chi connectivity index (χ1v) is 5.85. The Morgan fingerprint density at radius 3 is 3.13 bits per heavy atom. The molecule has 0 spiro atoms. The van der Waals surface area contributed by atoms with E-state index in [1.165, 1.54) is 18.5 Å². The minimum Gasteiger partial charge on any atom is -0.393 e.